The fourth-order valence-corrected chi connectivity index (χ4v) is 1.98. The van der Waals surface area contributed by atoms with Gasteiger partial charge in [-0.05, 0) is 23.3 Å². The van der Waals surface area contributed by atoms with E-state index in [4.69, 9.17) is 4.74 Å². The SMILES string of the molecule is O=c1ncc(-c2ccc(OCc3ccccc3)cc2)c[nH]1. The lowest BCUT2D eigenvalue weighted by Crippen LogP contribution is -2.07. The van der Waals surface area contributed by atoms with Gasteiger partial charge in [-0.2, -0.15) is 0 Å². The van der Waals surface area contributed by atoms with Crippen LogP contribution in [0.2, 0.25) is 0 Å². The van der Waals surface area contributed by atoms with Crippen molar-refractivity contribution < 1.29 is 4.74 Å². The van der Waals surface area contributed by atoms with Crippen LogP contribution in [-0.4, -0.2) is 9.97 Å². The summed E-state index contributed by atoms with van der Waals surface area (Å²) in [6.45, 7) is 0.542. The molecule has 0 aliphatic heterocycles. The number of hydrogen-bond donors (Lipinski definition) is 1. The molecule has 0 spiro atoms. The molecule has 0 aliphatic rings. The summed E-state index contributed by atoms with van der Waals surface area (Å²) in [6, 6.07) is 17.7. The number of rotatable bonds is 4. The second-order valence-corrected chi connectivity index (χ2v) is 4.61. The summed E-state index contributed by atoms with van der Waals surface area (Å²) < 4.78 is 5.73. The molecule has 21 heavy (non-hydrogen) atoms. The molecule has 1 aromatic heterocycles. The molecule has 3 rings (SSSR count). The molecule has 1 heterocycles. The van der Waals surface area contributed by atoms with E-state index in [1.807, 2.05) is 54.6 Å². The maximum Gasteiger partial charge on any atom is 0.344 e. The van der Waals surface area contributed by atoms with Crippen LogP contribution in [0.1, 0.15) is 5.56 Å². The molecule has 0 saturated carbocycles. The van der Waals surface area contributed by atoms with E-state index in [0.717, 1.165) is 22.4 Å². The zero-order chi connectivity index (χ0) is 14.5. The average Bonchev–Trinajstić information content (AvgIpc) is 2.55. The molecule has 4 heteroatoms. The summed E-state index contributed by atoms with van der Waals surface area (Å²) in [5, 5.41) is 0. The molecule has 0 fully saturated rings. The molecule has 3 aromatic rings. The van der Waals surface area contributed by atoms with Crippen molar-refractivity contribution in [3.63, 3.8) is 0 Å². The fraction of sp³-hybridized carbons (Fsp3) is 0.0588. The lowest BCUT2D eigenvalue weighted by Gasteiger charge is -2.07. The molecule has 0 amide bonds. The highest BCUT2D eigenvalue weighted by molar-refractivity contribution is 5.62. The molecule has 0 aliphatic carbocycles. The van der Waals surface area contributed by atoms with Gasteiger partial charge in [0.15, 0.2) is 0 Å². The normalized spacial score (nSPS) is 10.3. The standard InChI is InChI=1S/C17H14N2O2/c20-17-18-10-15(11-19-17)14-6-8-16(9-7-14)21-12-13-4-2-1-3-5-13/h1-11H,12H2,(H,18,19,20). The van der Waals surface area contributed by atoms with Gasteiger partial charge in [-0.25, -0.2) is 9.78 Å². The fourth-order valence-electron chi connectivity index (χ4n) is 1.98. The van der Waals surface area contributed by atoms with E-state index >= 15 is 0 Å². The quantitative estimate of drug-likeness (QED) is 0.798. The van der Waals surface area contributed by atoms with Crippen molar-refractivity contribution in [3.05, 3.63) is 83.0 Å². The Bertz CT molecular complexity index is 744. The number of hydrogen-bond acceptors (Lipinski definition) is 3. The first-order chi connectivity index (χ1) is 10.3. The maximum absolute atomic E-state index is 10.9. The third-order valence-corrected chi connectivity index (χ3v) is 3.11. The van der Waals surface area contributed by atoms with Crippen molar-refractivity contribution in [1.82, 2.24) is 9.97 Å². The number of H-pyrrole nitrogens is 1. The Hall–Kier alpha value is -2.88. The Morgan fingerprint density at radius 1 is 0.952 bits per heavy atom. The Labute approximate surface area is 122 Å². The van der Waals surface area contributed by atoms with Crippen LogP contribution >= 0.6 is 0 Å². The molecule has 104 valence electrons. The summed E-state index contributed by atoms with van der Waals surface area (Å²) in [5.74, 6) is 0.806. The van der Waals surface area contributed by atoms with Gasteiger partial charge in [-0.15, -0.1) is 0 Å². The van der Waals surface area contributed by atoms with E-state index < -0.39 is 0 Å². The molecule has 0 atom stereocenters. The molecule has 1 N–H and O–H groups in total. The van der Waals surface area contributed by atoms with Crippen molar-refractivity contribution in [3.8, 4) is 16.9 Å². The van der Waals surface area contributed by atoms with Gasteiger partial charge in [0.1, 0.15) is 12.4 Å². The van der Waals surface area contributed by atoms with E-state index in [9.17, 15) is 4.79 Å². The first kappa shape index (κ1) is 13.1. The van der Waals surface area contributed by atoms with Gasteiger partial charge in [-0.3, -0.25) is 0 Å². The van der Waals surface area contributed by atoms with Crippen LogP contribution in [0.5, 0.6) is 5.75 Å². The van der Waals surface area contributed by atoms with Crippen molar-refractivity contribution in [2.75, 3.05) is 0 Å². The number of ether oxygens (including phenoxy) is 1. The summed E-state index contributed by atoms with van der Waals surface area (Å²) in [5.41, 5.74) is 2.63. The minimum atomic E-state index is -0.346. The highest BCUT2D eigenvalue weighted by atomic mass is 16.5. The second kappa shape index (κ2) is 6.05. The van der Waals surface area contributed by atoms with Crippen molar-refractivity contribution in [1.29, 1.82) is 0 Å². The molecule has 0 bridgehead atoms. The predicted molar refractivity (Wildman–Crippen MR) is 81.1 cm³/mol. The van der Waals surface area contributed by atoms with Crippen LogP contribution in [0.25, 0.3) is 11.1 Å². The Morgan fingerprint density at radius 3 is 2.38 bits per heavy atom. The lowest BCUT2D eigenvalue weighted by molar-refractivity contribution is 0.306. The van der Waals surface area contributed by atoms with Gasteiger partial charge in [0.05, 0.1) is 0 Å². The largest absolute Gasteiger partial charge is 0.489 e. The number of nitrogens with zero attached hydrogens (tertiary/aromatic N) is 1. The van der Waals surface area contributed by atoms with E-state index in [0.29, 0.717) is 6.61 Å². The van der Waals surface area contributed by atoms with Gasteiger partial charge >= 0.3 is 5.69 Å². The zero-order valence-corrected chi connectivity index (χ0v) is 11.3. The average molecular weight is 278 g/mol. The minimum absolute atomic E-state index is 0.346. The third-order valence-electron chi connectivity index (χ3n) is 3.11. The molecule has 4 nitrogen and oxygen atoms in total. The van der Waals surface area contributed by atoms with Crippen molar-refractivity contribution in [2.24, 2.45) is 0 Å². The van der Waals surface area contributed by atoms with E-state index in [1.165, 1.54) is 0 Å². The number of aromatic nitrogens is 2. The molecule has 2 aromatic carbocycles. The monoisotopic (exact) mass is 278 g/mol. The summed E-state index contributed by atoms with van der Waals surface area (Å²) in [6.07, 6.45) is 3.20. The topological polar surface area (TPSA) is 55.0 Å². The number of benzene rings is 2. The highest BCUT2D eigenvalue weighted by Crippen LogP contribution is 2.21. The maximum atomic E-state index is 10.9. The summed E-state index contributed by atoms with van der Waals surface area (Å²) >= 11 is 0. The van der Waals surface area contributed by atoms with Gasteiger partial charge in [0.2, 0.25) is 0 Å². The second-order valence-electron chi connectivity index (χ2n) is 4.61. The van der Waals surface area contributed by atoms with Crippen molar-refractivity contribution in [2.45, 2.75) is 6.61 Å². The van der Waals surface area contributed by atoms with Crippen LogP contribution in [0, 0.1) is 0 Å². The molecule has 0 radical (unpaired) electrons. The lowest BCUT2D eigenvalue weighted by atomic mass is 10.1. The van der Waals surface area contributed by atoms with E-state index in [1.54, 1.807) is 12.4 Å². The van der Waals surface area contributed by atoms with Gasteiger partial charge < -0.3 is 9.72 Å². The molecule has 0 saturated heterocycles. The van der Waals surface area contributed by atoms with Crippen LogP contribution in [0.3, 0.4) is 0 Å². The zero-order valence-electron chi connectivity index (χ0n) is 11.3. The first-order valence-corrected chi connectivity index (χ1v) is 6.63. The number of aromatic amines is 1. The minimum Gasteiger partial charge on any atom is -0.489 e. The molecular weight excluding hydrogens is 264 g/mol. The van der Waals surface area contributed by atoms with Crippen LogP contribution in [0.4, 0.5) is 0 Å². The molecule has 0 unspecified atom stereocenters. The first-order valence-electron chi connectivity index (χ1n) is 6.63. The van der Waals surface area contributed by atoms with Crippen molar-refractivity contribution >= 4 is 0 Å². The Kier molecular flexibility index (Phi) is 3.78. The third kappa shape index (κ3) is 3.36. The number of nitrogens with one attached hydrogen (secondary N) is 1. The van der Waals surface area contributed by atoms with E-state index in [-0.39, 0.29) is 5.69 Å². The van der Waals surface area contributed by atoms with E-state index in [2.05, 4.69) is 9.97 Å². The van der Waals surface area contributed by atoms with Gasteiger partial charge in [0.25, 0.3) is 0 Å². The van der Waals surface area contributed by atoms with Crippen LogP contribution in [-0.2, 0) is 6.61 Å². The van der Waals surface area contributed by atoms with Gasteiger partial charge in [-0.1, -0.05) is 42.5 Å². The van der Waals surface area contributed by atoms with Crippen LogP contribution in [0.15, 0.2) is 71.8 Å². The highest BCUT2D eigenvalue weighted by Gasteiger charge is 2.00. The van der Waals surface area contributed by atoms with Crippen LogP contribution < -0.4 is 10.4 Å². The molecular formula is C17H14N2O2. The Balaban J connectivity index is 1.69. The smallest absolute Gasteiger partial charge is 0.344 e. The van der Waals surface area contributed by atoms with Gasteiger partial charge in [0, 0.05) is 18.0 Å². The predicted octanol–water partition coefficient (Wildman–Crippen LogP) is 3.02. The summed E-state index contributed by atoms with van der Waals surface area (Å²) in [7, 11) is 0. The Morgan fingerprint density at radius 2 is 1.71 bits per heavy atom. The summed E-state index contributed by atoms with van der Waals surface area (Å²) in [4.78, 5) is 17.2.